The highest BCUT2D eigenvalue weighted by molar-refractivity contribution is 5.93. The molecule has 0 radical (unpaired) electrons. The molecule has 2 rings (SSSR count). The van der Waals surface area contributed by atoms with E-state index >= 15 is 0 Å². The summed E-state index contributed by atoms with van der Waals surface area (Å²) in [6.45, 7) is 2.75. The Morgan fingerprint density at radius 2 is 2.05 bits per heavy atom. The number of nitrogens with one attached hydrogen (secondary N) is 4. The first-order valence-electron chi connectivity index (χ1n) is 7.22. The summed E-state index contributed by atoms with van der Waals surface area (Å²) in [5, 5.41) is 11.3. The van der Waals surface area contributed by atoms with Gasteiger partial charge in [0.1, 0.15) is 6.04 Å². The SMILES string of the molecule is CNC(C)c1ccc(NC(=O)NC2CCCNC2=O)cc1. The number of rotatable bonds is 4. The van der Waals surface area contributed by atoms with Gasteiger partial charge in [-0.15, -0.1) is 0 Å². The van der Waals surface area contributed by atoms with Gasteiger partial charge in [-0.25, -0.2) is 4.79 Å². The van der Waals surface area contributed by atoms with E-state index in [4.69, 9.17) is 0 Å². The average molecular weight is 290 g/mol. The van der Waals surface area contributed by atoms with Crippen LogP contribution in [-0.4, -0.2) is 31.6 Å². The van der Waals surface area contributed by atoms with Gasteiger partial charge in [-0.05, 0) is 44.5 Å². The zero-order valence-corrected chi connectivity index (χ0v) is 12.4. The Morgan fingerprint density at radius 3 is 2.67 bits per heavy atom. The number of hydrogen-bond donors (Lipinski definition) is 4. The minimum Gasteiger partial charge on any atom is -0.354 e. The molecule has 21 heavy (non-hydrogen) atoms. The molecule has 0 bridgehead atoms. The van der Waals surface area contributed by atoms with Crippen molar-refractivity contribution in [2.24, 2.45) is 0 Å². The summed E-state index contributed by atoms with van der Waals surface area (Å²) in [7, 11) is 1.90. The van der Waals surface area contributed by atoms with E-state index < -0.39 is 6.04 Å². The van der Waals surface area contributed by atoms with Crippen LogP contribution >= 0.6 is 0 Å². The molecule has 3 amide bonds. The smallest absolute Gasteiger partial charge is 0.319 e. The Kier molecular flexibility index (Phi) is 5.16. The zero-order valence-electron chi connectivity index (χ0n) is 12.4. The van der Waals surface area contributed by atoms with Gasteiger partial charge in [-0.2, -0.15) is 0 Å². The van der Waals surface area contributed by atoms with Crippen LogP contribution in [0.3, 0.4) is 0 Å². The van der Waals surface area contributed by atoms with Gasteiger partial charge in [-0.1, -0.05) is 12.1 Å². The van der Waals surface area contributed by atoms with Gasteiger partial charge in [0.15, 0.2) is 0 Å². The van der Waals surface area contributed by atoms with Crippen molar-refractivity contribution in [2.45, 2.75) is 31.8 Å². The second-order valence-electron chi connectivity index (χ2n) is 5.22. The van der Waals surface area contributed by atoms with Gasteiger partial charge in [0.2, 0.25) is 5.91 Å². The average Bonchev–Trinajstić information content (AvgIpc) is 2.49. The predicted molar refractivity (Wildman–Crippen MR) is 82.1 cm³/mol. The number of benzene rings is 1. The van der Waals surface area contributed by atoms with Gasteiger partial charge in [-0.3, -0.25) is 4.79 Å². The van der Waals surface area contributed by atoms with Crippen LogP contribution in [-0.2, 0) is 4.79 Å². The molecule has 1 heterocycles. The van der Waals surface area contributed by atoms with E-state index in [1.54, 1.807) is 0 Å². The molecule has 0 aliphatic carbocycles. The summed E-state index contributed by atoms with van der Waals surface area (Å²) >= 11 is 0. The van der Waals surface area contributed by atoms with Crippen molar-refractivity contribution < 1.29 is 9.59 Å². The third-order valence-electron chi connectivity index (χ3n) is 3.69. The first kappa shape index (κ1) is 15.3. The monoisotopic (exact) mass is 290 g/mol. The first-order chi connectivity index (χ1) is 10.1. The van der Waals surface area contributed by atoms with Crippen LogP contribution in [0.25, 0.3) is 0 Å². The number of piperidine rings is 1. The predicted octanol–water partition coefficient (Wildman–Crippen LogP) is 1.37. The van der Waals surface area contributed by atoms with Crippen LogP contribution in [0.2, 0.25) is 0 Å². The first-order valence-corrected chi connectivity index (χ1v) is 7.22. The molecule has 0 saturated carbocycles. The molecule has 1 aliphatic rings. The Balaban J connectivity index is 1.88. The maximum atomic E-state index is 11.9. The quantitative estimate of drug-likeness (QED) is 0.676. The molecule has 4 N–H and O–H groups in total. The highest BCUT2D eigenvalue weighted by Gasteiger charge is 2.23. The molecule has 2 atom stereocenters. The molecule has 6 heteroatoms. The Hall–Kier alpha value is -2.08. The molecule has 1 aromatic rings. The van der Waals surface area contributed by atoms with E-state index in [1.165, 1.54) is 0 Å². The number of carbonyl (C=O) groups excluding carboxylic acids is 2. The van der Waals surface area contributed by atoms with Gasteiger partial charge in [0.25, 0.3) is 0 Å². The summed E-state index contributed by atoms with van der Waals surface area (Å²) in [5.41, 5.74) is 1.85. The largest absolute Gasteiger partial charge is 0.354 e. The molecule has 114 valence electrons. The Morgan fingerprint density at radius 1 is 1.33 bits per heavy atom. The van der Waals surface area contributed by atoms with E-state index in [0.29, 0.717) is 18.7 Å². The lowest BCUT2D eigenvalue weighted by atomic mass is 10.1. The second-order valence-corrected chi connectivity index (χ2v) is 5.22. The number of hydrogen-bond acceptors (Lipinski definition) is 3. The summed E-state index contributed by atoms with van der Waals surface area (Å²) in [4.78, 5) is 23.5. The zero-order chi connectivity index (χ0) is 15.2. The summed E-state index contributed by atoms with van der Waals surface area (Å²) in [6, 6.07) is 7.09. The number of urea groups is 1. The van der Waals surface area contributed by atoms with Crippen LogP contribution in [0.1, 0.15) is 31.4 Å². The lowest BCUT2D eigenvalue weighted by molar-refractivity contribution is -0.124. The van der Waals surface area contributed by atoms with Crippen molar-refractivity contribution in [1.82, 2.24) is 16.0 Å². The lowest BCUT2D eigenvalue weighted by Gasteiger charge is -2.22. The maximum absolute atomic E-state index is 11.9. The van der Waals surface area contributed by atoms with Crippen molar-refractivity contribution in [3.05, 3.63) is 29.8 Å². The molecule has 1 aliphatic heterocycles. The van der Waals surface area contributed by atoms with E-state index in [9.17, 15) is 9.59 Å². The summed E-state index contributed by atoms with van der Waals surface area (Å²) in [6.07, 6.45) is 1.56. The molecular weight excluding hydrogens is 268 g/mol. The summed E-state index contributed by atoms with van der Waals surface area (Å²) < 4.78 is 0. The van der Waals surface area contributed by atoms with Gasteiger partial charge < -0.3 is 21.3 Å². The number of amides is 3. The molecular formula is C15H22N4O2. The molecule has 6 nitrogen and oxygen atoms in total. The van der Waals surface area contributed by atoms with Gasteiger partial charge >= 0.3 is 6.03 Å². The van der Waals surface area contributed by atoms with Crippen molar-refractivity contribution >= 4 is 17.6 Å². The molecule has 1 aromatic carbocycles. The second kappa shape index (κ2) is 7.08. The number of anilines is 1. The molecule has 1 saturated heterocycles. The normalized spacial score (nSPS) is 19.5. The maximum Gasteiger partial charge on any atom is 0.319 e. The van der Waals surface area contributed by atoms with Crippen LogP contribution < -0.4 is 21.3 Å². The highest BCUT2D eigenvalue weighted by Crippen LogP contribution is 2.15. The van der Waals surface area contributed by atoms with Crippen LogP contribution in [0, 0.1) is 0 Å². The molecule has 2 unspecified atom stereocenters. The fourth-order valence-corrected chi connectivity index (χ4v) is 2.26. The van der Waals surface area contributed by atoms with Crippen LogP contribution in [0.15, 0.2) is 24.3 Å². The fourth-order valence-electron chi connectivity index (χ4n) is 2.26. The van der Waals surface area contributed by atoms with E-state index in [-0.39, 0.29) is 18.0 Å². The van der Waals surface area contributed by atoms with Gasteiger partial charge in [0.05, 0.1) is 0 Å². The molecule has 0 aromatic heterocycles. The minimum absolute atomic E-state index is 0.116. The standard InChI is InChI=1S/C15H22N4O2/c1-10(16-2)11-5-7-12(8-6-11)18-15(21)19-13-4-3-9-17-14(13)20/h5-8,10,13,16H,3-4,9H2,1-2H3,(H,17,20)(H2,18,19,21). The van der Waals surface area contributed by atoms with Crippen molar-refractivity contribution in [1.29, 1.82) is 0 Å². The van der Waals surface area contributed by atoms with Crippen molar-refractivity contribution in [3.8, 4) is 0 Å². The van der Waals surface area contributed by atoms with E-state index in [2.05, 4.69) is 28.2 Å². The molecule has 0 spiro atoms. The van der Waals surface area contributed by atoms with Crippen LogP contribution in [0.5, 0.6) is 0 Å². The van der Waals surface area contributed by atoms with Crippen molar-refractivity contribution in [2.75, 3.05) is 18.9 Å². The van der Waals surface area contributed by atoms with E-state index in [1.807, 2.05) is 31.3 Å². The van der Waals surface area contributed by atoms with E-state index in [0.717, 1.165) is 12.0 Å². The minimum atomic E-state index is -0.442. The lowest BCUT2D eigenvalue weighted by Crippen LogP contribution is -2.51. The summed E-state index contributed by atoms with van der Waals surface area (Å²) in [5.74, 6) is -0.116. The van der Waals surface area contributed by atoms with Gasteiger partial charge in [0, 0.05) is 18.3 Å². The highest BCUT2D eigenvalue weighted by atomic mass is 16.2. The third kappa shape index (κ3) is 4.19. The number of carbonyl (C=O) groups is 2. The third-order valence-corrected chi connectivity index (χ3v) is 3.69. The van der Waals surface area contributed by atoms with Crippen LogP contribution in [0.4, 0.5) is 10.5 Å². The topological polar surface area (TPSA) is 82.3 Å². The molecule has 1 fully saturated rings. The fraction of sp³-hybridized carbons (Fsp3) is 0.467. The Bertz CT molecular complexity index is 501. The van der Waals surface area contributed by atoms with Crippen molar-refractivity contribution in [3.63, 3.8) is 0 Å². The Labute approximate surface area is 124 Å².